The van der Waals surface area contributed by atoms with Crippen LogP contribution in [0.2, 0.25) is 0 Å². The first-order valence-electron chi connectivity index (χ1n) is 6.19. The molecule has 0 aliphatic heterocycles. The molecule has 0 unspecified atom stereocenters. The van der Waals surface area contributed by atoms with Crippen molar-refractivity contribution in [2.24, 2.45) is 0 Å². The topological polar surface area (TPSA) is 107 Å². The predicted molar refractivity (Wildman–Crippen MR) is 70.2 cm³/mol. The van der Waals surface area contributed by atoms with Gasteiger partial charge in [0.1, 0.15) is 6.54 Å². The Kier molecular flexibility index (Phi) is 3.42. The van der Waals surface area contributed by atoms with Crippen LogP contribution in [0.4, 0.5) is 0 Å². The van der Waals surface area contributed by atoms with E-state index in [1.54, 1.807) is 6.20 Å². The number of rotatable bonds is 5. The van der Waals surface area contributed by atoms with E-state index in [1.165, 1.54) is 4.68 Å². The highest BCUT2D eigenvalue weighted by Gasteiger charge is 2.11. The van der Waals surface area contributed by atoms with E-state index in [0.717, 1.165) is 5.56 Å². The Morgan fingerprint density at radius 2 is 2.10 bits per heavy atom. The van der Waals surface area contributed by atoms with Crippen molar-refractivity contribution in [2.75, 3.05) is 0 Å². The monoisotopic (exact) mass is 285 g/mol. The van der Waals surface area contributed by atoms with Crippen molar-refractivity contribution < 1.29 is 14.4 Å². The Balaban J connectivity index is 1.73. The third-order valence-corrected chi connectivity index (χ3v) is 2.72. The van der Waals surface area contributed by atoms with Gasteiger partial charge in [0.25, 0.3) is 0 Å². The number of benzene rings is 1. The Hall–Kier alpha value is -3.03. The number of aliphatic carboxylic acids is 1. The number of nitrogens with zero attached hydrogens (tertiary/aromatic N) is 5. The highest BCUT2D eigenvalue weighted by Crippen LogP contribution is 2.15. The van der Waals surface area contributed by atoms with Crippen LogP contribution in [0.3, 0.4) is 0 Å². The van der Waals surface area contributed by atoms with Gasteiger partial charge >= 0.3 is 5.97 Å². The van der Waals surface area contributed by atoms with Gasteiger partial charge in [-0.05, 0) is 0 Å². The lowest BCUT2D eigenvalue weighted by Gasteiger charge is -1.93. The lowest BCUT2D eigenvalue weighted by molar-refractivity contribution is -0.136. The molecule has 0 spiro atoms. The molecule has 0 aliphatic carbocycles. The minimum absolute atomic E-state index is 0.168. The first-order chi connectivity index (χ1) is 10.2. The molecule has 8 heteroatoms. The van der Waals surface area contributed by atoms with Crippen molar-refractivity contribution >= 4 is 5.97 Å². The molecule has 2 heterocycles. The van der Waals surface area contributed by atoms with Crippen LogP contribution in [0.25, 0.3) is 11.4 Å². The predicted octanol–water partition coefficient (Wildman–Crippen LogP) is 1.00. The molecule has 2 aromatic heterocycles. The van der Waals surface area contributed by atoms with Gasteiger partial charge in [-0.1, -0.05) is 40.7 Å². The summed E-state index contributed by atoms with van der Waals surface area (Å²) in [6.07, 6.45) is 1.37. The van der Waals surface area contributed by atoms with Gasteiger partial charge in [0.15, 0.2) is 0 Å². The van der Waals surface area contributed by atoms with E-state index in [-0.39, 0.29) is 13.0 Å². The molecule has 3 rings (SSSR count). The summed E-state index contributed by atoms with van der Waals surface area (Å²) in [6, 6.07) is 9.45. The molecule has 1 N–H and O–H groups in total. The molecule has 0 fully saturated rings. The fraction of sp³-hybridized carbons (Fsp3) is 0.154. The molecule has 0 bridgehead atoms. The third kappa shape index (κ3) is 3.11. The molecule has 8 nitrogen and oxygen atoms in total. The molecule has 21 heavy (non-hydrogen) atoms. The Morgan fingerprint density at radius 3 is 2.86 bits per heavy atom. The van der Waals surface area contributed by atoms with E-state index >= 15 is 0 Å². The van der Waals surface area contributed by atoms with Gasteiger partial charge in [-0.25, -0.2) is 4.68 Å². The van der Waals surface area contributed by atoms with E-state index in [2.05, 4.69) is 20.5 Å². The van der Waals surface area contributed by atoms with Crippen LogP contribution in [0.1, 0.15) is 11.6 Å². The molecule has 0 amide bonds. The van der Waals surface area contributed by atoms with E-state index in [9.17, 15) is 4.79 Å². The normalized spacial score (nSPS) is 10.7. The second kappa shape index (κ2) is 5.53. The van der Waals surface area contributed by atoms with Crippen LogP contribution in [-0.4, -0.2) is 36.2 Å². The standard InChI is InChI=1S/C13H11N5O3/c19-12(20)6-10-7-18(17-15-10)8-11-14-13(16-21-11)9-4-2-1-3-5-9/h1-5,7H,6,8H2,(H,19,20). The quantitative estimate of drug-likeness (QED) is 0.745. The summed E-state index contributed by atoms with van der Waals surface area (Å²) < 4.78 is 6.61. The lowest BCUT2D eigenvalue weighted by Crippen LogP contribution is -2.01. The summed E-state index contributed by atoms with van der Waals surface area (Å²) in [5, 5.41) is 20.2. The van der Waals surface area contributed by atoms with E-state index in [1.807, 2.05) is 30.3 Å². The fourth-order valence-electron chi connectivity index (χ4n) is 1.81. The van der Waals surface area contributed by atoms with Crippen molar-refractivity contribution in [2.45, 2.75) is 13.0 Å². The van der Waals surface area contributed by atoms with Gasteiger partial charge in [-0.3, -0.25) is 4.79 Å². The van der Waals surface area contributed by atoms with Gasteiger partial charge in [0, 0.05) is 11.8 Å². The highest BCUT2D eigenvalue weighted by molar-refractivity contribution is 5.69. The molecule has 0 radical (unpaired) electrons. The average Bonchev–Trinajstić information content (AvgIpc) is 3.09. The van der Waals surface area contributed by atoms with Crippen LogP contribution in [0.15, 0.2) is 41.1 Å². The SMILES string of the molecule is O=C(O)Cc1cn(Cc2nc(-c3ccccc3)no2)nn1. The Morgan fingerprint density at radius 1 is 1.29 bits per heavy atom. The number of carboxylic acids is 1. The number of carboxylic acid groups (broad SMARTS) is 1. The van der Waals surface area contributed by atoms with Gasteiger partial charge in [-0.15, -0.1) is 5.10 Å². The smallest absolute Gasteiger partial charge is 0.309 e. The first kappa shape index (κ1) is 13.0. The van der Waals surface area contributed by atoms with E-state index in [0.29, 0.717) is 17.4 Å². The molecular weight excluding hydrogens is 274 g/mol. The van der Waals surface area contributed by atoms with Crippen molar-refractivity contribution in [1.29, 1.82) is 0 Å². The zero-order valence-corrected chi connectivity index (χ0v) is 10.9. The van der Waals surface area contributed by atoms with Gasteiger partial charge < -0.3 is 9.63 Å². The summed E-state index contributed by atoms with van der Waals surface area (Å²) in [5.74, 6) is -0.0803. The maximum absolute atomic E-state index is 10.6. The molecular formula is C13H11N5O3. The number of aromatic nitrogens is 5. The van der Waals surface area contributed by atoms with Crippen molar-refractivity contribution in [3.05, 3.63) is 48.1 Å². The van der Waals surface area contributed by atoms with Crippen LogP contribution in [0.5, 0.6) is 0 Å². The third-order valence-electron chi connectivity index (χ3n) is 2.72. The zero-order valence-electron chi connectivity index (χ0n) is 10.9. The summed E-state index contributed by atoms with van der Waals surface area (Å²) in [6.45, 7) is 0.243. The van der Waals surface area contributed by atoms with Crippen molar-refractivity contribution in [3.8, 4) is 11.4 Å². The average molecular weight is 285 g/mol. The van der Waals surface area contributed by atoms with Gasteiger partial charge in [0.05, 0.1) is 12.1 Å². The summed E-state index contributed by atoms with van der Waals surface area (Å²) in [5.41, 5.74) is 1.24. The molecule has 0 aliphatic rings. The van der Waals surface area contributed by atoms with Crippen LogP contribution >= 0.6 is 0 Å². The van der Waals surface area contributed by atoms with Crippen LogP contribution in [-0.2, 0) is 17.8 Å². The number of hydrogen-bond acceptors (Lipinski definition) is 6. The van der Waals surface area contributed by atoms with Crippen LogP contribution in [0, 0.1) is 0 Å². The summed E-state index contributed by atoms with van der Waals surface area (Å²) in [4.78, 5) is 14.8. The zero-order chi connectivity index (χ0) is 14.7. The summed E-state index contributed by atoms with van der Waals surface area (Å²) in [7, 11) is 0. The van der Waals surface area contributed by atoms with Gasteiger partial charge in [0.2, 0.25) is 11.7 Å². The molecule has 0 atom stereocenters. The minimum Gasteiger partial charge on any atom is -0.481 e. The largest absolute Gasteiger partial charge is 0.481 e. The highest BCUT2D eigenvalue weighted by atomic mass is 16.5. The maximum Gasteiger partial charge on any atom is 0.309 e. The minimum atomic E-state index is -0.953. The molecule has 0 saturated heterocycles. The lowest BCUT2D eigenvalue weighted by atomic mass is 10.2. The molecule has 106 valence electrons. The van der Waals surface area contributed by atoms with E-state index in [4.69, 9.17) is 9.63 Å². The Bertz CT molecular complexity index is 750. The molecule has 1 aromatic carbocycles. The Labute approximate surface area is 119 Å². The maximum atomic E-state index is 10.6. The number of carbonyl (C=O) groups is 1. The van der Waals surface area contributed by atoms with E-state index < -0.39 is 5.97 Å². The summed E-state index contributed by atoms with van der Waals surface area (Å²) >= 11 is 0. The van der Waals surface area contributed by atoms with Gasteiger partial charge in [-0.2, -0.15) is 4.98 Å². The molecule has 3 aromatic rings. The second-order valence-corrected chi connectivity index (χ2v) is 4.36. The fourth-order valence-corrected chi connectivity index (χ4v) is 1.81. The van der Waals surface area contributed by atoms with Crippen molar-refractivity contribution in [1.82, 2.24) is 25.1 Å². The second-order valence-electron chi connectivity index (χ2n) is 4.36. The van der Waals surface area contributed by atoms with Crippen LogP contribution < -0.4 is 0 Å². The first-order valence-corrected chi connectivity index (χ1v) is 6.19. The molecule has 0 saturated carbocycles. The van der Waals surface area contributed by atoms with Crippen molar-refractivity contribution in [3.63, 3.8) is 0 Å². The number of hydrogen-bond donors (Lipinski definition) is 1.